The lowest BCUT2D eigenvalue weighted by Crippen LogP contribution is -2.53. The minimum atomic E-state index is -0.408. The lowest BCUT2D eigenvalue weighted by Gasteiger charge is -2.38. The Kier molecular flexibility index (Phi) is 4.58. The SMILES string of the molecule is Cc1nc(CC(=O)NC2(CO)CCC(C)CC2)cs1. The number of amides is 1. The second-order valence-corrected chi connectivity index (χ2v) is 6.77. The molecule has 1 saturated carbocycles. The Morgan fingerprint density at radius 2 is 2.26 bits per heavy atom. The molecule has 0 radical (unpaired) electrons. The third-order valence-electron chi connectivity index (χ3n) is 3.95. The molecule has 1 amide bonds. The second kappa shape index (κ2) is 6.01. The monoisotopic (exact) mass is 282 g/mol. The van der Waals surface area contributed by atoms with Gasteiger partial charge in [-0.3, -0.25) is 4.79 Å². The standard InChI is InChI=1S/C14H22N2O2S/c1-10-3-5-14(9-17,6-4-10)16-13(18)7-12-8-19-11(2)15-12/h8,10,17H,3-7,9H2,1-2H3,(H,16,18). The highest BCUT2D eigenvalue weighted by Crippen LogP contribution is 2.31. The zero-order valence-electron chi connectivity index (χ0n) is 11.6. The van der Waals surface area contributed by atoms with E-state index in [2.05, 4.69) is 17.2 Å². The molecule has 1 fully saturated rings. The molecule has 0 atom stereocenters. The summed E-state index contributed by atoms with van der Waals surface area (Å²) in [5.74, 6) is 0.659. The van der Waals surface area contributed by atoms with Gasteiger partial charge in [-0.2, -0.15) is 0 Å². The van der Waals surface area contributed by atoms with E-state index < -0.39 is 5.54 Å². The van der Waals surface area contributed by atoms with Gasteiger partial charge in [-0.1, -0.05) is 6.92 Å². The highest BCUT2D eigenvalue weighted by atomic mass is 32.1. The van der Waals surface area contributed by atoms with E-state index in [0.717, 1.165) is 36.4 Å². The summed E-state index contributed by atoms with van der Waals surface area (Å²) in [6.07, 6.45) is 4.17. The summed E-state index contributed by atoms with van der Waals surface area (Å²) in [4.78, 5) is 16.4. The lowest BCUT2D eigenvalue weighted by atomic mass is 9.77. The molecule has 1 aliphatic rings. The molecular weight excluding hydrogens is 260 g/mol. The van der Waals surface area contributed by atoms with Crippen molar-refractivity contribution in [3.63, 3.8) is 0 Å². The van der Waals surface area contributed by atoms with Crippen LogP contribution in [0.2, 0.25) is 0 Å². The predicted molar refractivity (Wildman–Crippen MR) is 76.1 cm³/mol. The van der Waals surface area contributed by atoms with Gasteiger partial charge in [-0.15, -0.1) is 11.3 Å². The van der Waals surface area contributed by atoms with Crippen LogP contribution in [-0.2, 0) is 11.2 Å². The average Bonchev–Trinajstić information content (AvgIpc) is 2.78. The Bertz CT molecular complexity index is 436. The van der Waals surface area contributed by atoms with Crippen molar-refractivity contribution < 1.29 is 9.90 Å². The zero-order valence-corrected chi connectivity index (χ0v) is 12.4. The number of aryl methyl sites for hydroxylation is 1. The van der Waals surface area contributed by atoms with Crippen LogP contribution >= 0.6 is 11.3 Å². The molecule has 0 bridgehead atoms. The van der Waals surface area contributed by atoms with Gasteiger partial charge in [0.15, 0.2) is 0 Å². The first-order chi connectivity index (χ1) is 9.03. The Morgan fingerprint density at radius 1 is 1.58 bits per heavy atom. The molecule has 0 spiro atoms. The van der Waals surface area contributed by atoms with Crippen LogP contribution in [-0.4, -0.2) is 28.1 Å². The summed E-state index contributed by atoms with van der Waals surface area (Å²) >= 11 is 1.56. The number of nitrogens with zero attached hydrogens (tertiary/aromatic N) is 1. The van der Waals surface area contributed by atoms with Crippen LogP contribution in [0.25, 0.3) is 0 Å². The molecule has 1 aromatic rings. The van der Waals surface area contributed by atoms with E-state index in [0.29, 0.717) is 12.3 Å². The maximum atomic E-state index is 12.1. The molecule has 1 aliphatic carbocycles. The maximum Gasteiger partial charge on any atom is 0.226 e. The fourth-order valence-electron chi connectivity index (χ4n) is 2.63. The molecule has 0 aromatic carbocycles. The van der Waals surface area contributed by atoms with Gasteiger partial charge in [-0.25, -0.2) is 4.98 Å². The first-order valence-corrected chi connectivity index (χ1v) is 7.74. The number of rotatable bonds is 4. The van der Waals surface area contributed by atoms with Gasteiger partial charge in [0, 0.05) is 5.38 Å². The van der Waals surface area contributed by atoms with Gasteiger partial charge in [0.05, 0.1) is 29.3 Å². The van der Waals surface area contributed by atoms with Crippen molar-refractivity contribution in [3.05, 3.63) is 16.1 Å². The van der Waals surface area contributed by atoms with Crippen molar-refractivity contribution in [3.8, 4) is 0 Å². The molecule has 1 heterocycles. The third-order valence-corrected chi connectivity index (χ3v) is 4.77. The van der Waals surface area contributed by atoms with Crippen molar-refractivity contribution in [2.24, 2.45) is 5.92 Å². The number of hydrogen-bond acceptors (Lipinski definition) is 4. The van der Waals surface area contributed by atoms with Crippen LogP contribution in [0.4, 0.5) is 0 Å². The molecule has 1 aromatic heterocycles. The van der Waals surface area contributed by atoms with Crippen LogP contribution in [0.3, 0.4) is 0 Å². The van der Waals surface area contributed by atoms with E-state index in [1.807, 2.05) is 12.3 Å². The molecular formula is C14H22N2O2S. The molecule has 19 heavy (non-hydrogen) atoms. The lowest BCUT2D eigenvalue weighted by molar-refractivity contribution is -0.123. The molecule has 5 heteroatoms. The fourth-order valence-corrected chi connectivity index (χ4v) is 3.24. The van der Waals surface area contributed by atoms with Gasteiger partial charge < -0.3 is 10.4 Å². The molecule has 2 rings (SSSR count). The van der Waals surface area contributed by atoms with E-state index in [4.69, 9.17) is 0 Å². The molecule has 0 unspecified atom stereocenters. The van der Waals surface area contributed by atoms with Gasteiger partial charge in [0.1, 0.15) is 0 Å². The summed E-state index contributed by atoms with van der Waals surface area (Å²) in [5.41, 5.74) is 0.409. The molecule has 0 saturated heterocycles. The zero-order chi connectivity index (χ0) is 13.9. The van der Waals surface area contributed by atoms with E-state index in [9.17, 15) is 9.90 Å². The molecule has 0 aliphatic heterocycles. The molecule has 106 valence electrons. The summed E-state index contributed by atoms with van der Waals surface area (Å²) < 4.78 is 0. The normalized spacial score (nSPS) is 27.2. The van der Waals surface area contributed by atoms with Gasteiger partial charge in [-0.05, 0) is 38.5 Å². The summed E-state index contributed by atoms with van der Waals surface area (Å²) in [6.45, 7) is 4.19. The predicted octanol–water partition coefficient (Wildman–Crippen LogP) is 2.05. The number of carbonyl (C=O) groups excluding carboxylic acids is 1. The minimum Gasteiger partial charge on any atom is -0.394 e. The van der Waals surface area contributed by atoms with E-state index in [1.165, 1.54) is 0 Å². The Hall–Kier alpha value is -0.940. The number of nitrogens with one attached hydrogen (secondary N) is 1. The average molecular weight is 282 g/mol. The van der Waals surface area contributed by atoms with Crippen molar-refractivity contribution in [2.45, 2.75) is 51.5 Å². The molecule has 2 N–H and O–H groups in total. The highest BCUT2D eigenvalue weighted by Gasteiger charge is 2.34. The summed E-state index contributed by atoms with van der Waals surface area (Å²) in [6, 6.07) is 0. The summed E-state index contributed by atoms with van der Waals surface area (Å²) in [5, 5.41) is 15.6. The Morgan fingerprint density at radius 3 is 2.79 bits per heavy atom. The second-order valence-electron chi connectivity index (χ2n) is 5.70. The van der Waals surface area contributed by atoms with Crippen molar-refractivity contribution >= 4 is 17.2 Å². The van der Waals surface area contributed by atoms with Crippen molar-refractivity contribution in [1.29, 1.82) is 0 Å². The Labute approximate surface area is 118 Å². The number of aromatic nitrogens is 1. The number of carbonyl (C=O) groups is 1. The maximum absolute atomic E-state index is 12.1. The first kappa shape index (κ1) is 14.5. The van der Waals surface area contributed by atoms with Gasteiger partial charge in [0.25, 0.3) is 0 Å². The van der Waals surface area contributed by atoms with E-state index in [-0.39, 0.29) is 12.5 Å². The highest BCUT2D eigenvalue weighted by molar-refractivity contribution is 7.09. The smallest absolute Gasteiger partial charge is 0.226 e. The number of aliphatic hydroxyl groups is 1. The fraction of sp³-hybridized carbons (Fsp3) is 0.714. The third kappa shape index (κ3) is 3.76. The van der Waals surface area contributed by atoms with Crippen LogP contribution in [0.15, 0.2) is 5.38 Å². The largest absolute Gasteiger partial charge is 0.394 e. The van der Waals surface area contributed by atoms with Crippen molar-refractivity contribution in [2.75, 3.05) is 6.61 Å². The first-order valence-electron chi connectivity index (χ1n) is 6.86. The number of thiazole rings is 1. The summed E-state index contributed by atoms with van der Waals surface area (Å²) in [7, 11) is 0. The van der Waals surface area contributed by atoms with Crippen molar-refractivity contribution in [1.82, 2.24) is 10.3 Å². The van der Waals surface area contributed by atoms with Gasteiger partial charge >= 0.3 is 0 Å². The van der Waals surface area contributed by atoms with E-state index >= 15 is 0 Å². The van der Waals surface area contributed by atoms with Gasteiger partial charge in [0.2, 0.25) is 5.91 Å². The minimum absolute atomic E-state index is 0.0293. The van der Waals surface area contributed by atoms with Crippen LogP contribution in [0.1, 0.15) is 43.3 Å². The Balaban J connectivity index is 1.93. The molecule has 4 nitrogen and oxygen atoms in total. The van der Waals surface area contributed by atoms with Crippen LogP contribution in [0.5, 0.6) is 0 Å². The number of aliphatic hydroxyl groups excluding tert-OH is 1. The van der Waals surface area contributed by atoms with Crippen LogP contribution < -0.4 is 5.32 Å². The van der Waals surface area contributed by atoms with Crippen LogP contribution in [0, 0.1) is 12.8 Å². The quantitative estimate of drug-likeness (QED) is 0.888. The van der Waals surface area contributed by atoms with E-state index in [1.54, 1.807) is 11.3 Å². The number of hydrogen-bond donors (Lipinski definition) is 2. The topological polar surface area (TPSA) is 62.2 Å².